The van der Waals surface area contributed by atoms with Gasteiger partial charge in [0.25, 0.3) is 0 Å². The number of rotatable bonds is 3. The third-order valence-corrected chi connectivity index (χ3v) is 3.71. The number of hydrogen-bond donors (Lipinski definition) is 1. The molecule has 3 aromatic rings. The third-order valence-electron chi connectivity index (χ3n) is 3.71. The van der Waals surface area contributed by atoms with Crippen molar-refractivity contribution < 1.29 is 27.1 Å². The van der Waals surface area contributed by atoms with Gasteiger partial charge in [0.2, 0.25) is 0 Å². The fraction of sp³-hybridized carbons (Fsp3) is 0.118. The molecular weight excluding hydrogens is 326 g/mol. The minimum absolute atomic E-state index is 0.0139. The lowest BCUT2D eigenvalue weighted by Crippen LogP contribution is -2.04. The van der Waals surface area contributed by atoms with Crippen LogP contribution in [0.3, 0.4) is 0 Å². The Labute approximate surface area is 133 Å². The molecule has 0 aliphatic carbocycles. The van der Waals surface area contributed by atoms with Crippen molar-refractivity contribution in [2.45, 2.75) is 6.18 Å². The Kier molecular flexibility index (Phi) is 3.79. The maximum absolute atomic E-state index is 13.6. The van der Waals surface area contributed by atoms with Gasteiger partial charge in [-0.1, -0.05) is 0 Å². The van der Waals surface area contributed by atoms with Gasteiger partial charge in [0.15, 0.2) is 6.29 Å². The van der Waals surface area contributed by atoms with Gasteiger partial charge in [0, 0.05) is 22.0 Å². The van der Waals surface area contributed by atoms with Crippen molar-refractivity contribution >= 4 is 17.2 Å². The molecule has 0 saturated carbocycles. The minimum Gasteiger partial charge on any atom is -0.496 e. The molecule has 7 heteroatoms. The summed E-state index contributed by atoms with van der Waals surface area (Å²) < 4.78 is 57.4. The van der Waals surface area contributed by atoms with Gasteiger partial charge in [-0.15, -0.1) is 0 Å². The van der Waals surface area contributed by atoms with Crippen LogP contribution < -0.4 is 4.74 Å². The Morgan fingerprint density at radius 1 is 1.12 bits per heavy atom. The predicted molar refractivity (Wildman–Crippen MR) is 80.6 cm³/mol. The lowest BCUT2D eigenvalue weighted by Gasteiger charge is -2.08. The van der Waals surface area contributed by atoms with Crippen LogP contribution in [0.5, 0.6) is 5.75 Å². The largest absolute Gasteiger partial charge is 0.496 e. The maximum Gasteiger partial charge on any atom is 0.416 e. The maximum atomic E-state index is 13.6. The molecular formula is C17H11F4NO2. The number of methoxy groups -OCH3 is 1. The highest BCUT2D eigenvalue weighted by molar-refractivity contribution is 6.05. The molecule has 3 rings (SSSR count). The smallest absolute Gasteiger partial charge is 0.416 e. The fourth-order valence-corrected chi connectivity index (χ4v) is 2.60. The number of alkyl halides is 3. The molecule has 0 fully saturated rings. The second kappa shape index (κ2) is 5.67. The number of aromatic amines is 1. The van der Waals surface area contributed by atoms with Gasteiger partial charge < -0.3 is 9.72 Å². The van der Waals surface area contributed by atoms with Crippen molar-refractivity contribution in [2.24, 2.45) is 0 Å². The number of aldehydes is 1. The Hall–Kier alpha value is -2.83. The first kappa shape index (κ1) is 16.0. The molecule has 1 N–H and O–H groups in total. The number of fused-ring (bicyclic) bond motifs is 1. The summed E-state index contributed by atoms with van der Waals surface area (Å²) in [7, 11) is 1.38. The van der Waals surface area contributed by atoms with E-state index < -0.39 is 17.6 Å². The molecule has 1 heterocycles. The average Bonchev–Trinajstić information content (AvgIpc) is 2.91. The third kappa shape index (κ3) is 2.62. The zero-order valence-corrected chi connectivity index (χ0v) is 12.4. The van der Waals surface area contributed by atoms with Crippen molar-refractivity contribution in [1.82, 2.24) is 4.98 Å². The molecule has 0 aliphatic heterocycles. The van der Waals surface area contributed by atoms with Gasteiger partial charge in [-0.05, 0) is 36.4 Å². The highest BCUT2D eigenvalue weighted by Crippen LogP contribution is 2.38. The number of ether oxygens (including phenoxy) is 1. The number of aromatic nitrogens is 1. The predicted octanol–water partition coefficient (Wildman–Crippen LogP) is 4.81. The van der Waals surface area contributed by atoms with Crippen molar-refractivity contribution in [3.8, 4) is 17.0 Å². The van der Waals surface area contributed by atoms with Crippen LogP contribution in [0.1, 0.15) is 15.9 Å². The van der Waals surface area contributed by atoms with Crippen molar-refractivity contribution in [1.29, 1.82) is 0 Å². The summed E-state index contributed by atoms with van der Waals surface area (Å²) >= 11 is 0. The quantitative estimate of drug-likeness (QED) is 0.550. The summed E-state index contributed by atoms with van der Waals surface area (Å²) in [6.07, 6.45) is -4.08. The van der Waals surface area contributed by atoms with Gasteiger partial charge in [-0.3, -0.25) is 4.79 Å². The highest BCUT2D eigenvalue weighted by Gasteiger charge is 2.31. The van der Waals surface area contributed by atoms with E-state index >= 15 is 0 Å². The summed E-state index contributed by atoms with van der Waals surface area (Å²) in [6, 6.07) is 6.77. The molecule has 0 radical (unpaired) electrons. The van der Waals surface area contributed by atoms with E-state index in [1.807, 2.05) is 0 Å². The Morgan fingerprint density at radius 3 is 2.50 bits per heavy atom. The summed E-state index contributed by atoms with van der Waals surface area (Å²) in [4.78, 5) is 14.4. The first-order chi connectivity index (χ1) is 11.3. The first-order valence-corrected chi connectivity index (χ1v) is 6.87. The van der Waals surface area contributed by atoms with Gasteiger partial charge in [-0.2, -0.15) is 13.2 Å². The molecule has 0 bridgehead atoms. The molecule has 2 aromatic carbocycles. The van der Waals surface area contributed by atoms with Crippen LogP contribution in [0, 0.1) is 5.82 Å². The Balaban J connectivity index is 2.30. The van der Waals surface area contributed by atoms with E-state index in [1.165, 1.54) is 25.3 Å². The zero-order chi connectivity index (χ0) is 17.5. The standard InChI is InChI=1S/C17H11F4NO2/c1-24-15-5-3-10(18)7-12(15)16-13(8-23)11-6-9(17(19,20)21)2-4-14(11)22-16/h2-8,22H,1H3. The molecule has 0 spiro atoms. The van der Waals surface area contributed by atoms with Gasteiger partial charge in [0.05, 0.1) is 18.4 Å². The number of carbonyl (C=O) groups is 1. The van der Waals surface area contributed by atoms with Crippen molar-refractivity contribution in [3.05, 3.63) is 53.3 Å². The molecule has 0 atom stereocenters. The van der Waals surface area contributed by atoms with Crippen LogP contribution in [-0.4, -0.2) is 18.4 Å². The molecule has 0 saturated heterocycles. The summed E-state index contributed by atoms with van der Waals surface area (Å²) in [6.45, 7) is 0. The molecule has 124 valence electrons. The number of benzene rings is 2. The van der Waals surface area contributed by atoms with Crippen LogP contribution in [0.4, 0.5) is 17.6 Å². The van der Waals surface area contributed by atoms with E-state index in [4.69, 9.17) is 4.74 Å². The number of nitrogens with one attached hydrogen (secondary N) is 1. The number of halogens is 4. The average molecular weight is 337 g/mol. The van der Waals surface area contributed by atoms with Crippen molar-refractivity contribution in [3.63, 3.8) is 0 Å². The molecule has 1 aromatic heterocycles. The van der Waals surface area contributed by atoms with Crippen LogP contribution in [0.2, 0.25) is 0 Å². The van der Waals surface area contributed by atoms with Crippen LogP contribution >= 0.6 is 0 Å². The normalized spacial score (nSPS) is 11.7. The lowest BCUT2D eigenvalue weighted by molar-refractivity contribution is -0.137. The molecule has 24 heavy (non-hydrogen) atoms. The lowest BCUT2D eigenvalue weighted by atomic mass is 10.0. The monoisotopic (exact) mass is 337 g/mol. The molecule has 0 unspecified atom stereocenters. The SMILES string of the molecule is COc1ccc(F)cc1-c1[nH]c2ccc(C(F)(F)F)cc2c1C=O. The minimum atomic E-state index is -4.53. The van der Waals surface area contributed by atoms with E-state index in [1.54, 1.807) is 0 Å². The molecule has 3 nitrogen and oxygen atoms in total. The van der Waals surface area contributed by atoms with Crippen LogP contribution in [-0.2, 0) is 6.18 Å². The first-order valence-electron chi connectivity index (χ1n) is 6.87. The summed E-state index contributed by atoms with van der Waals surface area (Å²) in [5.74, 6) is -0.264. The Morgan fingerprint density at radius 2 is 1.88 bits per heavy atom. The summed E-state index contributed by atoms with van der Waals surface area (Å²) in [5, 5.41) is 0.112. The summed E-state index contributed by atoms with van der Waals surface area (Å²) in [5.41, 5.74) is -0.0543. The second-order valence-corrected chi connectivity index (χ2v) is 5.13. The Bertz CT molecular complexity index is 928. The number of hydrogen-bond acceptors (Lipinski definition) is 2. The molecule has 0 amide bonds. The van der Waals surface area contributed by atoms with Gasteiger partial charge in [0.1, 0.15) is 11.6 Å². The van der Waals surface area contributed by atoms with Crippen LogP contribution in [0.25, 0.3) is 22.2 Å². The number of carbonyl (C=O) groups excluding carboxylic acids is 1. The highest BCUT2D eigenvalue weighted by atomic mass is 19.4. The zero-order valence-electron chi connectivity index (χ0n) is 12.4. The second-order valence-electron chi connectivity index (χ2n) is 5.13. The number of H-pyrrole nitrogens is 1. The van der Waals surface area contributed by atoms with Gasteiger partial charge >= 0.3 is 6.18 Å². The van der Waals surface area contributed by atoms with E-state index in [2.05, 4.69) is 4.98 Å². The topological polar surface area (TPSA) is 42.1 Å². The molecule has 0 aliphatic rings. The van der Waals surface area contributed by atoms with Gasteiger partial charge in [-0.25, -0.2) is 4.39 Å². The van der Waals surface area contributed by atoms with E-state index in [-0.39, 0.29) is 22.2 Å². The van der Waals surface area contributed by atoms with E-state index in [0.29, 0.717) is 17.6 Å². The van der Waals surface area contributed by atoms with Crippen molar-refractivity contribution in [2.75, 3.05) is 7.11 Å². The fourth-order valence-electron chi connectivity index (χ4n) is 2.60. The van der Waals surface area contributed by atoms with E-state index in [0.717, 1.165) is 18.2 Å². The van der Waals surface area contributed by atoms with Crippen LogP contribution in [0.15, 0.2) is 36.4 Å². The van der Waals surface area contributed by atoms with E-state index in [9.17, 15) is 22.4 Å².